The Balaban J connectivity index is 3.49. The topological polar surface area (TPSA) is 17.1 Å². The number of carbonyl (C=O) groups is 1. The van der Waals surface area contributed by atoms with Gasteiger partial charge in [0.1, 0.15) is 12.1 Å². The Kier molecular flexibility index (Phi) is 2.62. The summed E-state index contributed by atoms with van der Waals surface area (Å²) in [4.78, 5) is 10.5. The molecule has 0 aliphatic rings. The van der Waals surface area contributed by atoms with Crippen molar-refractivity contribution in [2.24, 2.45) is 0 Å². The van der Waals surface area contributed by atoms with Crippen molar-refractivity contribution < 1.29 is 9.18 Å². The molecule has 0 radical (unpaired) electrons. The van der Waals surface area contributed by atoms with Crippen LogP contribution in [-0.2, 0) is 0 Å². The van der Waals surface area contributed by atoms with Crippen molar-refractivity contribution in [1.82, 2.24) is 0 Å². The highest BCUT2D eigenvalue weighted by Gasteiger charge is 2.09. The minimum atomic E-state index is -0.352. The number of rotatable bonds is 1. The molecule has 0 atom stereocenters. The summed E-state index contributed by atoms with van der Waals surface area (Å²) >= 11 is 3.22. The summed E-state index contributed by atoms with van der Waals surface area (Å²) in [6.07, 6.45) is 0.655. The van der Waals surface area contributed by atoms with E-state index in [0.717, 1.165) is 5.56 Å². The van der Waals surface area contributed by atoms with Crippen LogP contribution in [0, 0.1) is 19.7 Å². The third-order valence-corrected chi connectivity index (χ3v) is 3.05. The molecule has 1 rings (SSSR count). The molecule has 0 aliphatic heterocycles. The molecule has 0 spiro atoms. The average molecular weight is 231 g/mol. The maximum Gasteiger partial charge on any atom is 0.150 e. The van der Waals surface area contributed by atoms with Crippen LogP contribution >= 0.6 is 15.9 Å². The van der Waals surface area contributed by atoms with E-state index in [4.69, 9.17) is 0 Å². The molecule has 0 heterocycles. The molecule has 0 bridgehead atoms. The zero-order valence-corrected chi connectivity index (χ0v) is 8.40. The minimum absolute atomic E-state index is 0.352. The van der Waals surface area contributed by atoms with Gasteiger partial charge in [0.05, 0.1) is 0 Å². The second-order valence-electron chi connectivity index (χ2n) is 2.63. The van der Waals surface area contributed by atoms with Crippen LogP contribution in [0.25, 0.3) is 0 Å². The molecule has 0 saturated carbocycles. The molecule has 0 amide bonds. The maximum atomic E-state index is 13.0. The number of carbonyl (C=O) groups excluding carboxylic acids is 1. The number of hydrogen-bond acceptors (Lipinski definition) is 1. The Morgan fingerprint density at radius 1 is 1.42 bits per heavy atom. The van der Waals surface area contributed by atoms with Crippen molar-refractivity contribution in [2.45, 2.75) is 13.8 Å². The molecule has 3 heteroatoms. The number of halogens is 2. The highest BCUT2D eigenvalue weighted by atomic mass is 79.9. The van der Waals surface area contributed by atoms with E-state index in [1.807, 2.05) is 0 Å². The summed E-state index contributed by atoms with van der Waals surface area (Å²) < 4.78 is 13.7. The molecule has 0 fully saturated rings. The lowest BCUT2D eigenvalue weighted by atomic mass is 10.1. The standard InChI is InChI=1S/C9H8BrFO/c1-5-7(4-12)3-8(11)6(2)9(5)10/h3-4H,1-2H3. The van der Waals surface area contributed by atoms with Gasteiger partial charge >= 0.3 is 0 Å². The molecule has 0 N–H and O–H groups in total. The molecule has 0 unspecified atom stereocenters. The van der Waals surface area contributed by atoms with Gasteiger partial charge in [0.2, 0.25) is 0 Å². The molecular formula is C9H8BrFO. The van der Waals surface area contributed by atoms with Crippen molar-refractivity contribution in [2.75, 3.05) is 0 Å². The Bertz CT molecular complexity index is 334. The normalized spacial score (nSPS) is 10.0. The van der Waals surface area contributed by atoms with Gasteiger partial charge in [0.15, 0.2) is 0 Å². The van der Waals surface area contributed by atoms with Crippen molar-refractivity contribution in [3.05, 3.63) is 33.0 Å². The summed E-state index contributed by atoms with van der Waals surface area (Å²) in [7, 11) is 0. The predicted molar refractivity (Wildman–Crippen MR) is 49.0 cm³/mol. The lowest BCUT2D eigenvalue weighted by Gasteiger charge is -2.05. The average Bonchev–Trinajstić information content (AvgIpc) is 2.08. The largest absolute Gasteiger partial charge is 0.298 e. The van der Waals surface area contributed by atoms with Crippen LogP contribution < -0.4 is 0 Å². The van der Waals surface area contributed by atoms with E-state index in [0.29, 0.717) is 21.9 Å². The van der Waals surface area contributed by atoms with Gasteiger partial charge in [-0.1, -0.05) is 15.9 Å². The van der Waals surface area contributed by atoms with E-state index in [-0.39, 0.29) is 5.82 Å². The first-order chi connectivity index (χ1) is 5.57. The smallest absolute Gasteiger partial charge is 0.150 e. The molecule has 12 heavy (non-hydrogen) atoms. The fourth-order valence-corrected chi connectivity index (χ4v) is 1.41. The SMILES string of the molecule is Cc1c(F)cc(C=O)c(C)c1Br. The van der Waals surface area contributed by atoms with E-state index < -0.39 is 0 Å². The molecule has 0 aromatic heterocycles. The van der Waals surface area contributed by atoms with Gasteiger partial charge in [0.25, 0.3) is 0 Å². The fraction of sp³-hybridized carbons (Fsp3) is 0.222. The summed E-state index contributed by atoms with van der Waals surface area (Å²) in [6, 6.07) is 1.25. The quantitative estimate of drug-likeness (QED) is 0.679. The van der Waals surface area contributed by atoms with Crippen LogP contribution in [0.4, 0.5) is 4.39 Å². The van der Waals surface area contributed by atoms with Gasteiger partial charge in [-0.3, -0.25) is 4.79 Å². The lowest BCUT2D eigenvalue weighted by Crippen LogP contribution is -1.94. The fourth-order valence-electron chi connectivity index (χ4n) is 0.988. The van der Waals surface area contributed by atoms with Crippen molar-refractivity contribution in [3.8, 4) is 0 Å². The zero-order valence-electron chi connectivity index (χ0n) is 6.82. The van der Waals surface area contributed by atoms with Gasteiger partial charge in [-0.25, -0.2) is 4.39 Å². The van der Waals surface area contributed by atoms with Gasteiger partial charge in [0, 0.05) is 10.0 Å². The zero-order chi connectivity index (χ0) is 9.30. The van der Waals surface area contributed by atoms with E-state index in [1.54, 1.807) is 13.8 Å². The van der Waals surface area contributed by atoms with E-state index in [2.05, 4.69) is 15.9 Å². The predicted octanol–water partition coefficient (Wildman–Crippen LogP) is 3.02. The highest BCUT2D eigenvalue weighted by Crippen LogP contribution is 2.25. The number of benzene rings is 1. The van der Waals surface area contributed by atoms with Gasteiger partial charge in [-0.2, -0.15) is 0 Å². The van der Waals surface area contributed by atoms with E-state index >= 15 is 0 Å². The first-order valence-electron chi connectivity index (χ1n) is 3.48. The van der Waals surface area contributed by atoms with E-state index in [1.165, 1.54) is 6.07 Å². The van der Waals surface area contributed by atoms with Gasteiger partial charge in [-0.15, -0.1) is 0 Å². The van der Waals surface area contributed by atoms with E-state index in [9.17, 15) is 9.18 Å². The number of hydrogen-bond donors (Lipinski definition) is 0. The molecule has 1 aromatic rings. The maximum absolute atomic E-state index is 13.0. The second kappa shape index (κ2) is 3.35. The van der Waals surface area contributed by atoms with Crippen LogP contribution in [0.3, 0.4) is 0 Å². The van der Waals surface area contributed by atoms with Crippen molar-refractivity contribution >= 4 is 22.2 Å². The molecule has 1 aromatic carbocycles. The summed E-state index contributed by atoms with van der Waals surface area (Å²) in [5, 5.41) is 0. The Morgan fingerprint density at radius 2 is 2.00 bits per heavy atom. The second-order valence-corrected chi connectivity index (χ2v) is 3.42. The van der Waals surface area contributed by atoms with Crippen LogP contribution in [0.1, 0.15) is 21.5 Å². The number of aldehydes is 1. The Labute approximate surface area is 78.7 Å². The monoisotopic (exact) mass is 230 g/mol. The Hall–Kier alpha value is -0.700. The lowest BCUT2D eigenvalue weighted by molar-refractivity contribution is 0.112. The summed E-state index contributed by atoms with van der Waals surface area (Å²) in [5.74, 6) is -0.352. The Morgan fingerprint density at radius 3 is 2.50 bits per heavy atom. The third kappa shape index (κ3) is 1.41. The molecular weight excluding hydrogens is 223 g/mol. The van der Waals surface area contributed by atoms with Gasteiger partial charge in [-0.05, 0) is 31.0 Å². The highest BCUT2D eigenvalue weighted by molar-refractivity contribution is 9.10. The van der Waals surface area contributed by atoms with Crippen LogP contribution in [0.15, 0.2) is 10.5 Å². The van der Waals surface area contributed by atoms with Gasteiger partial charge < -0.3 is 0 Å². The molecule has 1 nitrogen and oxygen atoms in total. The first kappa shape index (κ1) is 9.39. The van der Waals surface area contributed by atoms with Crippen LogP contribution in [-0.4, -0.2) is 6.29 Å². The molecule has 64 valence electrons. The van der Waals surface area contributed by atoms with Crippen LogP contribution in [0.2, 0.25) is 0 Å². The third-order valence-electron chi connectivity index (χ3n) is 1.86. The summed E-state index contributed by atoms with van der Waals surface area (Å²) in [5.41, 5.74) is 1.71. The summed E-state index contributed by atoms with van der Waals surface area (Å²) in [6.45, 7) is 3.45. The minimum Gasteiger partial charge on any atom is -0.298 e. The van der Waals surface area contributed by atoms with Crippen molar-refractivity contribution in [3.63, 3.8) is 0 Å². The van der Waals surface area contributed by atoms with Crippen molar-refractivity contribution in [1.29, 1.82) is 0 Å². The van der Waals surface area contributed by atoms with Crippen LogP contribution in [0.5, 0.6) is 0 Å². The first-order valence-corrected chi connectivity index (χ1v) is 4.27. The molecule has 0 saturated heterocycles. The molecule has 0 aliphatic carbocycles.